The molecule has 1 rings (SSSR count). The van der Waals surface area contributed by atoms with Gasteiger partial charge in [0.1, 0.15) is 0 Å². The van der Waals surface area contributed by atoms with Crippen LogP contribution in [0.15, 0.2) is 12.1 Å². The standard InChI is InChI=1S/C12H14ClN/c1-8-10(14-5)7-6-9(11(8)13)12(2,3)4/h6-7H,1-4H3. The summed E-state index contributed by atoms with van der Waals surface area (Å²) in [5.74, 6) is 0. The molecule has 1 aromatic carbocycles. The van der Waals surface area contributed by atoms with Crippen LogP contribution in [0.1, 0.15) is 31.9 Å². The van der Waals surface area contributed by atoms with Gasteiger partial charge in [0.25, 0.3) is 0 Å². The van der Waals surface area contributed by atoms with E-state index in [0.717, 1.165) is 16.1 Å². The number of benzene rings is 1. The molecule has 0 aliphatic heterocycles. The van der Waals surface area contributed by atoms with E-state index in [1.807, 2.05) is 19.1 Å². The summed E-state index contributed by atoms with van der Waals surface area (Å²) in [6.45, 7) is 15.2. The van der Waals surface area contributed by atoms with Crippen LogP contribution in [0.25, 0.3) is 4.85 Å². The van der Waals surface area contributed by atoms with E-state index >= 15 is 0 Å². The second-order valence-electron chi connectivity index (χ2n) is 4.43. The molecular formula is C12H14ClN. The fourth-order valence-electron chi connectivity index (χ4n) is 1.38. The Kier molecular flexibility index (Phi) is 2.87. The van der Waals surface area contributed by atoms with Crippen LogP contribution in [0, 0.1) is 13.5 Å². The molecule has 0 radical (unpaired) electrons. The first kappa shape index (κ1) is 11.1. The van der Waals surface area contributed by atoms with E-state index in [0.29, 0.717) is 5.69 Å². The third kappa shape index (κ3) is 1.91. The lowest BCUT2D eigenvalue weighted by atomic mass is 9.86. The van der Waals surface area contributed by atoms with E-state index in [1.54, 1.807) is 0 Å². The fourth-order valence-corrected chi connectivity index (χ4v) is 1.82. The highest BCUT2D eigenvalue weighted by Crippen LogP contribution is 2.35. The monoisotopic (exact) mass is 207 g/mol. The van der Waals surface area contributed by atoms with Crippen LogP contribution in [0.2, 0.25) is 5.02 Å². The van der Waals surface area contributed by atoms with Crippen molar-refractivity contribution in [2.45, 2.75) is 33.1 Å². The maximum Gasteiger partial charge on any atom is 0.191 e. The summed E-state index contributed by atoms with van der Waals surface area (Å²) in [4.78, 5) is 3.42. The summed E-state index contributed by atoms with van der Waals surface area (Å²) in [6.07, 6.45) is 0. The van der Waals surface area contributed by atoms with Gasteiger partial charge in [0.2, 0.25) is 0 Å². The van der Waals surface area contributed by atoms with E-state index in [-0.39, 0.29) is 5.41 Å². The number of rotatable bonds is 0. The molecule has 0 aliphatic rings. The van der Waals surface area contributed by atoms with Crippen molar-refractivity contribution in [3.05, 3.63) is 39.7 Å². The van der Waals surface area contributed by atoms with Crippen molar-refractivity contribution in [1.29, 1.82) is 0 Å². The van der Waals surface area contributed by atoms with E-state index in [9.17, 15) is 0 Å². The van der Waals surface area contributed by atoms with Crippen LogP contribution >= 0.6 is 11.6 Å². The molecular weight excluding hydrogens is 194 g/mol. The third-order valence-electron chi connectivity index (χ3n) is 2.29. The van der Waals surface area contributed by atoms with Gasteiger partial charge in [0.05, 0.1) is 6.57 Å². The molecule has 2 heteroatoms. The molecule has 0 amide bonds. The van der Waals surface area contributed by atoms with Gasteiger partial charge >= 0.3 is 0 Å². The summed E-state index contributed by atoms with van der Waals surface area (Å²) in [5.41, 5.74) is 2.66. The third-order valence-corrected chi connectivity index (χ3v) is 2.77. The van der Waals surface area contributed by atoms with E-state index in [1.165, 1.54) is 0 Å². The zero-order valence-corrected chi connectivity index (χ0v) is 9.74. The minimum absolute atomic E-state index is 0.0302. The number of hydrogen-bond acceptors (Lipinski definition) is 0. The molecule has 0 heterocycles. The smallest absolute Gasteiger partial charge is 0.191 e. The zero-order chi connectivity index (χ0) is 10.9. The molecule has 0 unspecified atom stereocenters. The van der Waals surface area contributed by atoms with Gasteiger partial charge in [-0.2, -0.15) is 0 Å². The molecule has 1 aromatic rings. The minimum Gasteiger partial charge on any atom is -0.238 e. The first-order valence-corrected chi connectivity index (χ1v) is 4.92. The summed E-state index contributed by atoms with van der Waals surface area (Å²) >= 11 is 6.22. The van der Waals surface area contributed by atoms with Crippen molar-refractivity contribution in [1.82, 2.24) is 0 Å². The van der Waals surface area contributed by atoms with E-state index < -0.39 is 0 Å². The highest BCUT2D eigenvalue weighted by Gasteiger charge is 2.19. The van der Waals surface area contributed by atoms with Gasteiger partial charge in [-0.05, 0) is 23.5 Å². The van der Waals surface area contributed by atoms with Gasteiger partial charge in [-0.1, -0.05) is 44.5 Å². The van der Waals surface area contributed by atoms with Crippen LogP contribution in [0.3, 0.4) is 0 Å². The van der Waals surface area contributed by atoms with Crippen molar-refractivity contribution < 1.29 is 0 Å². The second kappa shape index (κ2) is 3.63. The first-order chi connectivity index (χ1) is 6.38. The normalized spacial score (nSPS) is 11.1. The molecule has 0 aromatic heterocycles. The van der Waals surface area contributed by atoms with Gasteiger partial charge in [0, 0.05) is 5.02 Å². The van der Waals surface area contributed by atoms with Crippen LogP contribution in [0.5, 0.6) is 0 Å². The largest absolute Gasteiger partial charge is 0.238 e. The molecule has 0 atom stereocenters. The Morgan fingerprint density at radius 2 is 1.86 bits per heavy atom. The average molecular weight is 208 g/mol. The molecule has 0 saturated carbocycles. The summed E-state index contributed by atoms with van der Waals surface area (Å²) < 4.78 is 0. The Morgan fingerprint density at radius 3 is 2.29 bits per heavy atom. The second-order valence-corrected chi connectivity index (χ2v) is 4.81. The van der Waals surface area contributed by atoms with Gasteiger partial charge in [-0.15, -0.1) is 0 Å². The van der Waals surface area contributed by atoms with Crippen molar-refractivity contribution in [3.8, 4) is 0 Å². The topological polar surface area (TPSA) is 4.36 Å². The summed E-state index contributed by atoms with van der Waals surface area (Å²) in [5, 5.41) is 0.728. The van der Waals surface area contributed by atoms with Crippen LogP contribution in [-0.4, -0.2) is 0 Å². The molecule has 0 bridgehead atoms. The first-order valence-electron chi connectivity index (χ1n) is 4.55. The highest BCUT2D eigenvalue weighted by atomic mass is 35.5. The van der Waals surface area contributed by atoms with Crippen molar-refractivity contribution >= 4 is 17.3 Å². The predicted molar refractivity (Wildman–Crippen MR) is 61.2 cm³/mol. The van der Waals surface area contributed by atoms with E-state index in [4.69, 9.17) is 18.2 Å². The van der Waals surface area contributed by atoms with Gasteiger partial charge in [0.15, 0.2) is 5.69 Å². The number of halogens is 1. The quantitative estimate of drug-likeness (QED) is 0.552. The average Bonchev–Trinajstić information content (AvgIpc) is 2.07. The lowest BCUT2D eigenvalue weighted by Gasteiger charge is -2.22. The van der Waals surface area contributed by atoms with Gasteiger partial charge < -0.3 is 0 Å². The molecule has 0 N–H and O–H groups in total. The molecule has 74 valence electrons. The molecule has 0 saturated heterocycles. The number of nitrogens with zero attached hydrogens (tertiary/aromatic N) is 1. The Labute approximate surface area is 90.5 Å². The predicted octanol–water partition coefficient (Wildman–Crippen LogP) is 4.50. The fraction of sp³-hybridized carbons (Fsp3) is 0.417. The molecule has 14 heavy (non-hydrogen) atoms. The summed E-state index contributed by atoms with van der Waals surface area (Å²) in [7, 11) is 0. The van der Waals surface area contributed by atoms with Crippen LogP contribution in [0.4, 0.5) is 5.69 Å². The van der Waals surface area contributed by atoms with E-state index in [2.05, 4.69) is 25.6 Å². The Hall–Kier alpha value is -1.00. The van der Waals surface area contributed by atoms with Gasteiger partial charge in [-0.3, -0.25) is 0 Å². The summed E-state index contributed by atoms with van der Waals surface area (Å²) in [6, 6.07) is 3.79. The molecule has 0 fully saturated rings. The zero-order valence-electron chi connectivity index (χ0n) is 8.98. The molecule has 0 aliphatic carbocycles. The Bertz CT molecular complexity index is 394. The SMILES string of the molecule is [C-]#[N+]c1ccc(C(C)(C)C)c(Cl)c1C. The Morgan fingerprint density at radius 1 is 1.29 bits per heavy atom. The minimum atomic E-state index is 0.0302. The maximum absolute atomic E-state index is 6.97. The molecule has 1 nitrogen and oxygen atoms in total. The van der Waals surface area contributed by atoms with Crippen molar-refractivity contribution in [2.75, 3.05) is 0 Å². The highest BCUT2D eigenvalue weighted by molar-refractivity contribution is 6.32. The lowest BCUT2D eigenvalue weighted by molar-refractivity contribution is 0.590. The maximum atomic E-state index is 6.97. The molecule has 0 spiro atoms. The van der Waals surface area contributed by atoms with Crippen LogP contribution < -0.4 is 0 Å². The van der Waals surface area contributed by atoms with Gasteiger partial charge in [-0.25, -0.2) is 4.85 Å². The Balaban J connectivity index is 3.41. The van der Waals surface area contributed by atoms with Crippen molar-refractivity contribution in [2.24, 2.45) is 0 Å². The van der Waals surface area contributed by atoms with Crippen molar-refractivity contribution in [3.63, 3.8) is 0 Å². The number of hydrogen-bond donors (Lipinski definition) is 0. The van der Waals surface area contributed by atoms with Crippen LogP contribution in [-0.2, 0) is 5.41 Å². The lowest BCUT2D eigenvalue weighted by Crippen LogP contribution is -2.12.